The van der Waals surface area contributed by atoms with Crippen molar-refractivity contribution >= 4 is 32.3 Å². The summed E-state index contributed by atoms with van der Waals surface area (Å²) in [4.78, 5) is 7.04. The van der Waals surface area contributed by atoms with Gasteiger partial charge in [-0.15, -0.1) is 0 Å². The number of benzene rings is 4. The van der Waals surface area contributed by atoms with Gasteiger partial charge in [-0.3, -0.25) is 9.88 Å². The maximum absolute atomic E-state index is 4.38. The van der Waals surface area contributed by atoms with E-state index in [9.17, 15) is 0 Å². The predicted molar refractivity (Wildman–Crippen MR) is 121 cm³/mol. The molecule has 4 aromatic carbocycles. The standard InChI is InChI=1S/C27H24N2/c1-2-16-29(25(8-1)22-7-4-15-28-17-22)18-23-12-11-21-10-9-19-5-3-6-20-13-14-24(23)27(21)26(19)20/h3-7,9-15,17,25H,1-2,8,16,18H2/t25-/m1/s1. The first-order valence-corrected chi connectivity index (χ1v) is 10.7. The largest absolute Gasteiger partial charge is 0.292 e. The van der Waals surface area contributed by atoms with Gasteiger partial charge < -0.3 is 0 Å². The fourth-order valence-corrected chi connectivity index (χ4v) is 5.28. The molecule has 142 valence electrons. The summed E-state index contributed by atoms with van der Waals surface area (Å²) in [7, 11) is 0. The fourth-order valence-electron chi connectivity index (χ4n) is 5.28. The van der Waals surface area contributed by atoms with Crippen LogP contribution in [0.1, 0.15) is 36.4 Å². The predicted octanol–water partition coefficient (Wildman–Crippen LogP) is 6.71. The van der Waals surface area contributed by atoms with Gasteiger partial charge in [0, 0.05) is 25.0 Å². The van der Waals surface area contributed by atoms with Gasteiger partial charge in [-0.2, -0.15) is 0 Å². The fraction of sp³-hybridized carbons (Fsp3) is 0.222. The summed E-state index contributed by atoms with van der Waals surface area (Å²) < 4.78 is 0. The van der Waals surface area contributed by atoms with Crippen LogP contribution in [0.3, 0.4) is 0 Å². The Kier molecular flexibility index (Phi) is 3.98. The first-order valence-electron chi connectivity index (χ1n) is 10.7. The van der Waals surface area contributed by atoms with E-state index in [1.165, 1.54) is 62.7 Å². The van der Waals surface area contributed by atoms with E-state index < -0.39 is 0 Å². The minimum atomic E-state index is 0.469. The van der Waals surface area contributed by atoms with Gasteiger partial charge in [0.2, 0.25) is 0 Å². The molecule has 0 amide bonds. The number of piperidine rings is 1. The van der Waals surface area contributed by atoms with Gasteiger partial charge in [0.15, 0.2) is 0 Å². The highest BCUT2D eigenvalue weighted by molar-refractivity contribution is 6.23. The minimum Gasteiger partial charge on any atom is -0.292 e. The molecule has 29 heavy (non-hydrogen) atoms. The second-order valence-electron chi connectivity index (χ2n) is 8.35. The lowest BCUT2D eigenvalue weighted by Crippen LogP contribution is -2.33. The number of pyridine rings is 1. The number of nitrogens with zero attached hydrogens (tertiary/aromatic N) is 2. The zero-order valence-corrected chi connectivity index (χ0v) is 16.5. The topological polar surface area (TPSA) is 16.1 Å². The highest BCUT2D eigenvalue weighted by Gasteiger charge is 2.25. The molecule has 1 saturated heterocycles. The van der Waals surface area contributed by atoms with E-state index in [2.05, 4.69) is 76.6 Å². The zero-order chi connectivity index (χ0) is 19.2. The first-order chi connectivity index (χ1) is 14.4. The van der Waals surface area contributed by atoms with Crippen molar-refractivity contribution in [2.75, 3.05) is 6.54 Å². The van der Waals surface area contributed by atoms with Crippen molar-refractivity contribution < 1.29 is 0 Å². The second kappa shape index (κ2) is 6.82. The summed E-state index contributed by atoms with van der Waals surface area (Å²) >= 11 is 0. The van der Waals surface area contributed by atoms with E-state index >= 15 is 0 Å². The van der Waals surface area contributed by atoms with Crippen LogP contribution >= 0.6 is 0 Å². The van der Waals surface area contributed by atoms with Crippen LogP contribution in [0.5, 0.6) is 0 Å². The Hall–Kier alpha value is -2.97. The molecule has 2 heterocycles. The highest BCUT2D eigenvalue weighted by Crippen LogP contribution is 2.38. The normalized spacial score (nSPS) is 18.1. The molecule has 1 atom stereocenters. The molecule has 2 heteroatoms. The molecule has 1 aromatic heterocycles. The molecule has 0 aliphatic carbocycles. The van der Waals surface area contributed by atoms with E-state index in [-0.39, 0.29) is 0 Å². The van der Waals surface area contributed by atoms with Crippen LogP contribution in [0, 0.1) is 0 Å². The van der Waals surface area contributed by atoms with Crippen LogP contribution in [0.4, 0.5) is 0 Å². The molecule has 1 aliphatic heterocycles. The van der Waals surface area contributed by atoms with Crippen molar-refractivity contribution in [2.24, 2.45) is 0 Å². The van der Waals surface area contributed by atoms with Crippen LogP contribution in [-0.2, 0) is 6.54 Å². The Balaban J connectivity index is 1.47. The number of hydrogen-bond donors (Lipinski definition) is 0. The second-order valence-corrected chi connectivity index (χ2v) is 8.35. The van der Waals surface area contributed by atoms with Gasteiger partial charge in [0.1, 0.15) is 0 Å². The van der Waals surface area contributed by atoms with Crippen LogP contribution in [-0.4, -0.2) is 16.4 Å². The Morgan fingerprint density at radius 2 is 1.59 bits per heavy atom. The van der Waals surface area contributed by atoms with E-state index in [0.29, 0.717) is 6.04 Å². The highest BCUT2D eigenvalue weighted by atomic mass is 15.2. The summed E-state index contributed by atoms with van der Waals surface area (Å²) in [5.41, 5.74) is 2.79. The average Bonchev–Trinajstić information content (AvgIpc) is 2.79. The maximum Gasteiger partial charge on any atom is 0.0366 e. The summed E-state index contributed by atoms with van der Waals surface area (Å²) in [5.74, 6) is 0. The van der Waals surface area contributed by atoms with Crippen LogP contribution in [0.2, 0.25) is 0 Å². The number of hydrogen-bond acceptors (Lipinski definition) is 2. The Bertz CT molecular complexity index is 1280. The van der Waals surface area contributed by atoms with E-state index in [4.69, 9.17) is 0 Å². The number of rotatable bonds is 3. The van der Waals surface area contributed by atoms with Crippen LogP contribution < -0.4 is 0 Å². The lowest BCUT2D eigenvalue weighted by molar-refractivity contribution is 0.141. The molecule has 6 rings (SSSR count). The Morgan fingerprint density at radius 3 is 2.41 bits per heavy atom. The van der Waals surface area contributed by atoms with Crippen molar-refractivity contribution in [3.05, 3.63) is 90.3 Å². The van der Waals surface area contributed by atoms with E-state index in [0.717, 1.165) is 13.1 Å². The summed E-state index contributed by atoms with van der Waals surface area (Å²) in [6, 6.07) is 25.2. The third kappa shape index (κ3) is 2.79. The molecular weight excluding hydrogens is 352 g/mol. The van der Waals surface area contributed by atoms with E-state index in [1.807, 2.05) is 12.4 Å². The number of likely N-dealkylation sites (tertiary alicyclic amines) is 1. The van der Waals surface area contributed by atoms with Crippen molar-refractivity contribution in [1.82, 2.24) is 9.88 Å². The van der Waals surface area contributed by atoms with Crippen LogP contribution in [0.15, 0.2) is 79.1 Å². The third-order valence-electron chi connectivity index (χ3n) is 6.68. The molecule has 0 bridgehead atoms. The summed E-state index contributed by atoms with van der Waals surface area (Å²) in [6.45, 7) is 2.15. The molecule has 0 unspecified atom stereocenters. The van der Waals surface area contributed by atoms with Crippen molar-refractivity contribution in [2.45, 2.75) is 31.8 Å². The Morgan fingerprint density at radius 1 is 0.793 bits per heavy atom. The maximum atomic E-state index is 4.38. The van der Waals surface area contributed by atoms with Gasteiger partial charge in [0.05, 0.1) is 0 Å². The lowest BCUT2D eigenvalue weighted by Gasteiger charge is -2.36. The van der Waals surface area contributed by atoms with Gasteiger partial charge >= 0.3 is 0 Å². The molecule has 1 aliphatic rings. The SMILES string of the molecule is c1cncc([C@H]2CCCCN2Cc2ccc3ccc4cccc5ccc2c3c45)c1. The molecule has 0 spiro atoms. The monoisotopic (exact) mass is 376 g/mol. The quantitative estimate of drug-likeness (QED) is 0.325. The van der Waals surface area contributed by atoms with E-state index in [1.54, 1.807) is 0 Å². The molecule has 1 fully saturated rings. The first kappa shape index (κ1) is 16.9. The smallest absolute Gasteiger partial charge is 0.0366 e. The molecule has 0 radical (unpaired) electrons. The number of aromatic nitrogens is 1. The van der Waals surface area contributed by atoms with Gasteiger partial charge in [0.25, 0.3) is 0 Å². The zero-order valence-electron chi connectivity index (χ0n) is 16.5. The summed E-state index contributed by atoms with van der Waals surface area (Å²) in [6.07, 6.45) is 7.72. The van der Waals surface area contributed by atoms with Crippen molar-refractivity contribution in [1.29, 1.82) is 0 Å². The minimum absolute atomic E-state index is 0.469. The molecule has 0 N–H and O–H groups in total. The molecule has 2 nitrogen and oxygen atoms in total. The summed E-state index contributed by atoms with van der Waals surface area (Å²) in [5, 5.41) is 8.26. The Labute approximate surface area is 171 Å². The lowest BCUT2D eigenvalue weighted by atomic mass is 9.91. The van der Waals surface area contributed by atoms with Crippen molar-refractivity contribution in [3.63, 3.8) is 0 Å². The van der Waals surface area contributed by atoms with Crippen LogP contribution in [0.25, 0.3) is 32.3 Å². The van der Waals surface area contributed by atoms with Gasteiger partial charge in [-0.25, -0.2) is 0 Å². The average molecular weight is 377 g/mol. The molecular formula is C27H24N2. The molecule has 0 saturated carbocycles. The van der Waals surface area contributed by atoms with Gasteiger partial charge in [-0.1, -0.05) is 67.1 Å². The van der Waals surface area contributed by atoms with Crippen molar-refractivity contribution in [3.8, 4) is 0 Å². The third-order valence-corrected chi connectivity index (χ3v) is 6.68. The van der Waals surface area contributed by atoms with Gasteiger partial charge in [-0.05, 0) is 68.9 Å². The molecule has 5 aromatic rings.